The van der Waals surface area contributed by atoms with E-state index in [0.717, 1.165) is 5.56 Å². The van der Waals surface area contributed by atoms with Gasteiger partial charge in [0.2, 0.25) is 11.8 Å². The van der Waals surface area contributed by atoms with Crippen LogP contribution in [0.4, 0.5) is 4.39 Å². The van der Waals surface area contributed by atoms with Gasteiger partial charge < -0.3 is 15.3 Å². The largest absolute Gasteiger partial charge is 0.481 e. The third-order valence-corrected chi connectivity index (χ3v) is 5.23. The molecule has 29 heavy (non-hydrogen) atoms. The second kappa shape index (κ2) is 10.1. The number of carboxylic acid groups (broad SMARTS) is 1. The van der Waals surface area contributed by atoms with Crippen LogP contribution in [0.5, 0.6) is 0 Å². The molecule has 1 fully saturated rings. The predicted molar refractivity (Wildman–Crippen MR) is 103 cm³/mol. The van der Waals surface area contributed by atoms with Crippen LogP contribution >= 0.6 is 0 Å². The van der Waals surface area contributed by atoms with E-state index >= 15 is 0 Å². The standard InChI is InChI=1S/C21H27FN2O5/c1-13(2)19(20(28)23-16(10-18(26)27)17(25)11-22)15-8-9-24(21(15)29)12-14-6-4-3-5-7-14/h3-7,13,15-16,19H,8-12H2,1-2H3,(H,23,28)(H,26,27)/t15?,16?,19-/m1/s1. The molecule has 2 rings (SSSR count). The van der Waals surface area contributed by atoms with Gasteiger partial charge in [-0.2, -0.15) is 0 Å². The van der Waals surface area contributed by atoms with E-state index in [2.05, 4.69) is 5.32 Å². The molecule has 7 nitrogen and oxygen atoms in total. The number of halogens is 1. The second-order valence-corrected chi connectivity index (χ2v) is 7.67. The molecule has 1 heterocycles. The van der Waals surface area contributed by atoms with E-state index in [0.29, 0.717) is 19.5 Å². The van der Waals surface area contributed by atoms with E-state index in [-0.39, 0.29) is 11.8 Å². The highest BCUT2D eigenvalue weighted by atomic mass is 19.1. The van der Waals surface area contributed by atoms with Crippen molar-refractivity contribution in [2.45, 2.75) is 39.3 Å². The molecule has 0 aliphatic carbocycles. The monoisotopic (exact) mass is 406 g/mol. The molecule has 1 aromatic rings. The molecular formula is C21H27FN2O5. The average Bonchev–Trinajstić information content (AvgIpc) is 3.01. The van der Waals surface area contributed by atoms with Crippen molar-refractivity contribution in [1.82, 2.24) is 10.2 Å². The number of carboxylic acids is 1. The zero-order valence-corrected chi connectivity index (χ0v) is 16.6. The number of nitrogens with zero attached hydrogens (tertiary/aromatic N) is 1. The summed E-state index contributed by atoms with van der Waals surface area (Å²) >= 11 is 0. The number of hydrogen-bond donors (Lipinski definition) is 2. The summed E-state index contributed by atoms with van der Waals surface area (Å²) in [5, 5.41) is 11.3. The Balaban J connectivity index is 2.11. The molecule has 0 spiro atoms. The number of ketones is 1. The molecule has 158 valence electrons. The fourth-order valence-electron chi connectivity index (χ4n) is 3.79. The highest BCUT2D eigenvalue weighted by Crippen LogP contribution is 2.32. The van der Waals surface area contributed by atoms with Gasteiger partial charge in [-0.25, -0.2) is 4.39 Å². The lowest BCUT2D eigenvalue weighted by molar-refractivity contribution is -0.143. The fraction of sp³-hybridized carbons (Fsp3) is 0.524. The molecule has 1 saturated heterocycles. The van der Waals surface area contributed by atoms with E-state index in [1.807, 2.05) is 30.3 Å². The number of amides is 2. The third-order valence-electron chi connectivity index (χ3n) is 5.23. The third kappa shape index (κ3) is 5.85. The summed E-state index contributed by atoms with van der Waals surface area (Å²) in [6.45, 7) is 3.18. The number of alkyl halides is 1. The maximum Gasteiger partial charge on any atom is 0.305 e. The lowest BCUT2D eigenvalue weighted by Crippen LogP contribution is -2.49. The normalized spacial score (nSPS) is 18.6. The number of carbonyl (C=O) groups is 4. The minimum Gasteiger partial charge on any atom is -0.481 e. The van der Waals surface area contributed by atoms with Gasteiger partial charge in [0, 0.05) is 13.1 Å². The molecule has 1 aliphatic heterocycles. The molecule has 1 aromatic carbocycles. The molecule has 3 atom stereocenters. The SMILES string of the molecule is CC(C)[C@@H](C(=O)NC(CC(=O)O)C(=O)CF)C1CCN(Cc2ccccc2)C1=O. The highest BCUT2D eigenvalue weighted by Gasteiger charge is 2.42. The van der Waals surface area contributed by atoms with Gasteiger partial charge in [-0.1, -0.05) is 44.2 Å². The van der Waals surface area contributed by atoms with E-state index in [1.54, 1.807) is 18.7 Å². The zero-order chi connectivity index (χ0) is 21.6. The number of carbonyl (C=O) groups excluding carboxylic acids is 3. The Bertz CT molecular complexity index is 753. The van der Waals surface area contributed by atoms with Gasteiger partial charge in [-0.3, -0.25) is 19.2 Å². The van der Waals surface area contributed by atoms with Gasteiger partial charge in [0.15, 0.2) is 5.78 Å². The van der Waals surface area contributed by atoms with E-state index < -0.39 is 48.6 Å². The van der Waals surface area contributed by atoms with Crippen LogP contribution < -0.4 is 5.32 Å². The van der Waals surface area contributed by atoms with Crippen LogP contribution in [0.1, 0.15) is 32.3 Å². The maximum atomic E-state index is 12.9. The quantitative estimate of drug-likeness (QED) is 0.617. The molecule has 0 saturated carbocycles. The first kappa shape index (κ1) is 22.5. The van der Waals surface area contributed by atoms with Crippen LogP contribution in [0, 0.1) is 17.8 Å². The number of hydrogen-bond acceptors (Lipinski definition) is 4. The van der Waals surface area contributed by atoms with Crippen molar-refractivity contribution in [3.05, 3.63) is 35.9 Å². The lowest BCUT2D eigenvalue weighted by atomic mass is 9.81. The molecule has 8 heteroatoms. The van der Waals surface area contributed by atoms with Crippen LogP contribution in [-0.4, -0.2) is 52.8 Å². The Kier molecular flexibility index (Phi) is 7.87. The van der Waals surface area contributed by atoms with Gasteiger partial charge in [0.25, 0.3) is 0 Å². The Morgan fingerprint density at radius 2 is 1.90 bits per heavy atom. The van der Waals surface area contributed by atoms with Gasteiger partial charge >= 0.3 is 5.97 Å². The smallest absolute Gasteiger partial charge is 0.305 e. The summed E-state index contributed by atoms with van der Waals surface area (Å²) in [6, 6.07) is 8.08. The zero-order valence-electron chi connectivity index (χ0n) is 16.6. The van der Waals surface area contributed by atoms with Gasteiger partial charge in [0.05, 0.1) is 18.3 Å². The topological polar surface area (TPSA) is 104 Å². The number of benzene rings is 1. The first-order valence-corrected chi connectivity index (χ1v) is 9.68. The number of aliphatic carboxylic acids is 1. The number of nitrogens with one attached hydrogen (secondary N) is 1. The predicted octanol–water partition coefficient (Wildman–Crippen LogP) is 1.81. The van der Waals surface area contributed by atoms with E-state index in [9.17, 15) is 23.6 Å². The van der Waals surface area contributed by atoms with Crippen molar-refractivity contribution < 1.29 is 28.7 Å². The van der Waals surface area contributed by atoms with Crippen LogP contribution in [0.15, 0.2) is 30.3 Å². The summed E-state index contributed by atoms with van der Waals surface area (Å²) in [4.78, 5) is 50.1. The maximum absolute atomic E-state index is 12.9. The van der Waals surface area contributed by atoms with Crippen LogP contribution in [0.3, 0.4) is 0 Å². The molecule has 1 aliphatic rings. The second-order valence-electron chi connectivity index (χ2n) is 7.67. The van der Waals surface area contributed by atoms with Crippen molar-refractivity contribution in [2.24, 2.45) is 17.8 Å². The van der Waals surface area contributed by atoms with Gasteiger partial charge in [0.1, 0.15) is 12.7 Å². The highest BCUT2D eigenvalue weighted by molar-refractivity contribution is 5.95. The minimum absolute atomic E-state index is 0.144. The Morgan fingerprint density at radius 1 is 1.24 bits per heavy atom. The summed E-state index contributed by atoms with van der Waals surface area (Å²) in [6.07, 6.45) is -0.208. The molecule has 2 N–H and O–H groups in total. The first-order valence-electron chi connectivity index (χ1n) is 9.68. The summed E-state index contributed by atoms with van der Waals surface area (Å²) in [5.41, 5.74) is 0.988. The number of rotatable bonds is 10. The summed E-state index contributed by atoms with van der Waals surface area (Å²) in [7, 11) is 0. The fourth-order valence-corrected chi connectivity index (χ4v) is 3.79. The van der Waals surface area contributed by atoms with Crippen molar-refractivity contribution in [3.8, 4) is 0 Å². The van der Waals surface area contributed by atoms with Gasteiger partial charge in [-0.05, 0) is 17.9 Å². The molecule has 2 unspecified atom stereocenters. The molecule has 0 aromatic heterocycles. The lowest BCUT2D eigenvalue weighted by Gasteiger charge is -2.27. The van der Waals surface area contributed by atoms with Crippen LogP contribution in [-0.2, 0) is 25.7 Å². The molecular weight excluding hydrogens is 379 g/mol. The van der Waals surface area contributed by atoms with E-state index in [1.165, 1.54) is 0 Å². The first-order chi connectivity index (χ1) is 13.7. The minimum atomic E-state index is -1.44. The van der Waals surface area contributed by atoms with E-state index in [4.69, 9.17) is 5.11 Å². The average molecular weight is 406 g/mol. The number of likely N-dealkylation sites (tertiary alicyclic amines) is 1. The van der Waals surface area contributed by atoms with Crippen LogP contribution in [0.25, 0.3) is 0 Å². The van der Waals surface area contributed by atoms with Crippen LogP contribution in [0.2, 0.25) is 0 Å². The molecule has 0 radical (unpaired) electrons. The number of Topliss-reactive ketones (excluding diaryl/α,β-unsaturated/α-hetero) is 1. The van der Waals surface area contributed by atoms with Crippen molar-refractivity contribution in [1.29, 1.82) is 0 Å². The molecule has 0 bridgehead atoms. The van der Waals surface area contributed by atoms with Crippen molar-refractivity contribution in [2.75, 3.05) is 13.2 Å². The Labute approximate surface area is 169 Å². The van der Waals surface area contributed by atoms with Crippen molar-refractivity contribution in [3.63, 3.8) is 0 Å². The van der Waals surface area contributed by atoms with Crippen molar-refractivity contribution >= 4 is 23.6 Å². The Hall–Kier alpha value is -2.77. The van der Waals surface area contributed by atoms with Gasteiger partial charge in [-0.15, -0.1) is 0 Å². The molecule has 2 amide bonds. The summed E-state index contributed by atoms with van der Waals surface area (Å²) < 4.78 is 12.8. The summed E-state index contributed by atoms with van der Waals surface area (Å²) in [5.74, 6) is -4.55. The Morgan fingerprint density at radius 3 is 2.45 bits per heavy atom.